The van der Waals surface area contributed by atoms with Gasteiger partial charge in [0.05, 0.1) is 60.6 Å². The molecule has 5 aliphatic rings. The molecule has 4 fully saturated rings. The third kappa shape index (κ3) is 25.5. The number of nitrogens with zero attached hydrogens (tertiary/aromatic N) is 9. The van der Waals surface area contributed by atoms with Gasteiger partial charge in [0.15, 0.2) is 6.29 Å². The largest absolute Gasteiger partial charge is 0.445 e. The van der Waals surface area contributed by atoms with Crippen molar-refractivity contribution in [2.75, 3.05) is 70.5 Å². The number of hydrogen-bond acceptors (Lipinski definition) is 21. The summed E-state index contributed by atoms with van der Waals surface area (Å²) in [5.74, 6) is 0.722. The van der Waals surface area contributed by atoms with E-state index in [2.05, 4.69) is 20.3 Å². The minimum Gasteiger partial charge on any atom is -0.445 e. The molecule has 27 heteroatoms. The molecule has 0 radical (unpaired) electrons. The fourth-order valence-corrected chi connectivity index (χ4v) is 12.5. The van der Waals surface area contributed by atoms with Crippen LogP contribution in [-0.4, -0.2) is 208 Å². The number of piperidine rings is 2. The zero-order valence-electron chi connectivity index (χ0n) is 60.4. The number of aliphatic hydroxyl groups is 4. The molecule has 7 atom stereocenters. The monoisotopic (exact) mass is 1470 g/mol. The fourth-order valence-electron chi connectivity index (χ4n) is 12.5. The number of aliphatic hydroxyl groups excluding tert-OH is 4. The Morgan fingerprint density at radius 2 is 0.990 bits per heavy atom. The van der Waals surface area contributed by atoms with Gasteiger partial charge in [0.2, 0.25) is 0 Å². The van der Waals surface area contributed by atoms with Crippen LogP contribution in [0, 0.1) is 23.7 Å². The smallest absolute Gasteiger partial charge is 0.419 e. The van der Waals surface area contributed by atoms with Crippen LogP contribution in [0.2, 0.25) is 0 Å². The molecule has 4 amide bonds. The van der Waals surface area contributed by atoms with E-state index in [1.54, 1.807) is 84.8 Å². The van der Waals surface area contributed by atoms with Crippen molar-refractivity contribution in [1.29, 1.82) is 0 Å². The zero-order chi connectivity index (χ0) is 73.7. The Bertz CT molecular complexity index is 3750. The van der Waals surface area contributed by atoms with Crippen molar-refractivity contribution in [3.05, 3.63) is 120 Å². The van der Waals surface area contributed by atoms with Crippen LogP contribution in [0.25, 0.3) is 21.8 Å². The van der Waals surface area contributed by atoms with Crippen LogP contribution in [0.5, 0.6) is 0 Å². The van der Waals surface area contributed by atoms with E-state index < -0.39 is 52.4 Å². The number of hydrogen-bond donors (Lipinski definition) is 5. The standard InChI is InChI=1S/C21H30N2O5.C13H24N2O3.C13H18N2O3.C13H16N2O3.C13H14N2O3.5CH4/c1-21(2,3)28-20(26)23-11-16(13-24)17-9-10-22(12-18(17)23)19(25)27-14-15-7-5-4-6-8-15;4*1-13(2,3)18-12(17)15-7-9(8-16)10-4-5-14-6-11(10)15;;;;;/h4-8,16-18,24H,9-14H2,1-3H3;9-11,14,16H,4-8H2,1-3H3;4-6,9,16H,7-8H2,1-3H3;4-7,16H,8H2,1-3H3;4-8H,1-3H3;5*1H4. The second-order valence-electron chi connectivity index (χ2n) is 30.3. The highest BCUT2D eigenvalue weighted by atomic mass is 16.6. The lowest BCUT2D eigenvalue weighted by atomic mass is 9.85. The molecule has 11 rings (SSSR count). The van der Waals surface area contributed by atoms with Gasteiger partial charge >= 0.3 is 36.6 Å². The van der Waals surface area contributed by atoms with Crippen molar-refractivity contribution in [2.24, 2.45) is 23.7 Å². The second kappa shape index (κ2) is 39.6. The third-order valence-electron chi connectivity index (χ3n) is 16.8. The summed E-state index contributed by atoms with van der Waals surface area (Å²) in [5.41, 5.74) is 2.19. The minimum atomic E-state index is -0.590. The van der Waals surface area contributed by atoms with Crippen LogP contribution in [0.4, 0.5) is 34.5 Å². The molecule has 5 aromatic heterocycles. The lowest BCUT2D eigenvalue weighted by Gasteiger charge is -2.38. The molecule has 4 saturated heterocycles. The Morgan fingerprint density at radius 1 is 0.524 bits per heavy atom. The maximum Gasteiger partial charge on any atom is 0.419 e. The van der Waals surface area contributed by atoms with Crippen LogP contribution in [0.15, 0.2) is 98.1 Å². The van der Waals surface area contributed by atoms with E-state index in [1.165, 1.54) is 26.4 Å². The number of benzene rings is 1. The molecule has 7 unspecified atom stereocenters. The molecule has 5 N–H and O–H groups in total. The summed E-state index contributed by atoms with van der Waals surface area (Å²) in [4.78, 5) is 103. The molecule has 0 aliphatic carbocycles. The summed E-state index contributed by atoms with van der Waals surface area (Å²) >= 11 is 0. The molecule has 6 aromatic rings. The zero-order valence-corrected chi connectivity index (χ0v) is 60.4. The summed E-state index contributed by atoms with van der Waals surface area (Å²) in [6.45, 7) is 31.9. The van der Waals surface area contributed by atoms with E-state index >= 15 is 0 Å². The molecular formula is C78H122N10O17. The SMILES string of the molecule is C.C.C.C.C.CC(C)(C)OC(=O)N1CC(CO)C2CCN(C(=O)OCc3ccccc3)CC21.CC(C)(C)OC(=O)N1CC(CO)C2CCNCC21.CC(C)(C)OC(=O)N1CC(CO)c2ccncc21.CC(C)(C)OC(=O)n1cc(C=O)c2ccncc21.CC(C)(C)OC(=O)n1cc(CO)c2ccncc21. The van der Waals surface area contributed by atoms with Gasteiger partial charge < -0.3 is 68.9 Å². The lowest BCUT2D eigenvalue weighted by molar-refractivity contribution is 0.0106. The Balaban J connectivity index is 0.000000446. The molecule has 586 valence electrons. The molecule has 0 saturated carbocycles. The molecule has 1 aromatic carbocycles. The van der Waals surface area contributed by atoms with Crippen LogP contribution in [0.1, 0.15) is 187 Å². The van der Waals surface area contributed by atoms with E-state index in [-0.39, 0.29) is 118 Å². The summed E-state index contributed by atoms with van der Waals surface area (Å²) in [5, 5.41) is 42.6. The van der Waals surface area contributed by atoms with E-state index in [0.29, 0.717) is 72.5 Å². The first-order valence-corrected chi connectivity index (χ1v) is 33.8. The highest BCUT2D eigenvalue weighted by molar-refractivity contribution is 6.01. The number of aldehydes is 1. The first-order valence-electron chi connectivity index (χ1n) is 33.8. The number of fused-ring (bicyclic) bond motifs is 5. The van der Waals surface area contributed by atoms with Crippen molar-refractivity contribution in [1.82, 2.24) is 44.1 Å². The average Bonchev–Trinajstić information content (AvgIpc) is 1.69. The molecule has 5 aliphatic heterocycles. The maximum absolute atomic E-state index is 12.7. The van der Waals surface area contributed by atoms with E-state index in [4.69, 9.17) is 28.4 Å². The van der Waals surface area contributed by atoms with Gasteiger partial charge in [-0.2, -0.15) is 0 Å². The van der Waals surface area contributed by atoms with Gasteiger partial charge in [0.25, 0.3) is 0 Å². The highest BCUT2D eigenvalue weighted by Gasteiger charge is 2.49. The Morgan fingerprint density at radius 3 is 1.50 bits per heavy atom. The van der Waals surface area contributed by atoms with Crippen molar-refractivity contribution < 1.29 is 82.4 Å². The molecule has 0 spiro atoms. The number of carbonyl (C=O) groups is 7. The minimum absolute atomic E-state index is 0. The van der Waals surface area contributed by atoms with E-state index in [9.17, 15) is 54.0 Å². The predicted molar refractivity (Wildman–Crippen MR) is 407 cm³/mol. The average molecular weight is 1470 g/mol. The maximum atomic E-state index is 12.7. The van der Waals surface area contributed by atoms with Gasteiger partial charge in [-0.05, 0) is 164 Å². The van der Waals surface area contributed by atoms with Gasteiger partial charge in [-0.25, -0.2) is 28.8 Å². The fraction of sp³-hybridized carbons (Fsp3) is 0.590. The van der Waals surface area contributed by atoms with Gasteiger partial charge in [0, 0.05) is 123 Å². The Kier molecular flexibility index (Phi) is 34.8. The summed E-state index contributed by atoms with van der Waals surface area (Å²) in [6.07, 6.45) is 12.7. The molecule has 27 nitrogen and oxygen atoms in total. The van der Waals surface area contributed by atoms with Gasteiger partial charge in [-0.15, -0.1) is 0 Å². The van der Waals surface area contributed by atoms with Crippen molar-refractivity contribution in [3.8, 4) is 0 Å². The summed E-state index contributed by atoms with van der Waals surface area (Å²) < 4.78 is 35.0. The normalized spacial score (nSPS) is 19.3. The van der Waals surface area contributed by atoms with E-state index in [0.717, 1.165) is 48.1 Å². The second-order valence-corrected chi connectivity index (χ2v) is 30.3. The topological polar surface area (TPSA) is 329 Å². The number of amides is 4. The summed E-state index contributed by atoms with van der Waals surface area (Å²) in [6, 6.07) is 14.8. The van der Waals surface area contributed by atoms with Crippen LogP contribution in [0.3, 0.4) is 0 Å². The Hall–Kier alpha value is -8.76. The molecular weight excluding hydrogens is 1350 g/mol. The predicted octanol–water partition coefficient (Wildman–Crippen LogP) is 13.7. The molecule has 10 heterocycles. The number of carbonyl (C=O) groups excluding carboxylic acids is 7. The van der Waals surface area contributed by atoms with Crippen LogP contribution >= 0.6 is 0 Å². The van der Waals surface area contributed by atoms with Gasteiger partial charge in [-0.1, -0.05) is 67.5 Å². The first kappa shape index (κ1) is 92.3. The number of anilines is 1. The Labute approximate surface area is 621 Å². The van der Waals surface area contributed by atoms with Crippen molar-refractivity contribution in [3.63, 3.8) is 0 Å². The quantitative estimate of drug-likeness (QED) is 0.0732. The van der Waals surface area contributed by atoms with Crippen molar-refractivity contribution in [2.45, 2.75) is 213 Å². The molecule has 0 bridgehead atoms. The third-order valence-corrected chi connectivity index (χ3v) is 16.8. The van der Waals surface area contributed by atoms with Crippen molar-refractivity contribution >= 4 is 70.3 Å². The number of ether oxygens (including phenoxy) is 6. The lowest BCUT2D eigenvalue weighted by Crippen LogP contribution is -2.52. The molecule has 105 heavy (non-hydrogen) atoms. The number of nitrogens with one attached hydrogen (secondary N) is 1. The van der Waals surface area contributed by atoms with Crippen LogP contribution in [-0.2, 0) is 41.6 Å². The number of aromatic nitrogens is 5. The highest BCUT2D eigenvalue weighted by Crippen LogP contribution is 2.39. The van der Waals surface area contributed by atoms with Gasteiger partial charge in [-0.3, -0.25) is 33.8 Å². The van der Waals surface area contributed by atoms with Crippen LogP contribution < -0.4 is 10.2 Å². The van der Waals surface area contributed by atoms with Gasteiger partial charge in [0.1, 0.15) is 34.6 Å². The van der Waals surface area contributed by atoms with E-state index in [1.807, 2.05) is 119 Å². The number of rotatable bonds is 7. The summed E-state index contributed by atoms with van der Waals surface area (Å²) in [7, 11) is 0. The number of pyridine rings is 3. The first-order chi connectivity index (χ1) is 47.0. The number of likely N-dealkylation sites (tertiary alicyclic amines) is 3.